The molecular weight excluding hydrogens is 438 g/mol. The molecule has 3 aromatic rings. The fraction of sp³-hybridized carbons (Fsp3) is 0.200. The predicted octanol–water partition coefficient (Wildman–Crippen LogP) is 4.13. The van der Waals surface area contributed by atoms with Crippen molar-refractivity contribution in [1.82, 2.24) is 14.8 Å². The van der Waals surface area contributed by atoms with E-state index in [0.29, 0.717) is 16.8 Å². The first-order valence-electron chi connectivity index (χ1n) is 8.76. The highest BCUT2D eigenvalue weighted by Gasteiger charge is 2.38. The number of benzene rings is 2. The molecule has 142 valence electrons. The number of rotatable bonds is 5. The Bertz CT molecular complexity index is 1050. The summed E-state index contributed by atoms with van der Waals surface area (Å²) in [6.45, 7) is 1.81. The van der Waals surface area contributed by atoms with Crippen LogP contribution in [0.4, 0.5) is 5.95 Å². The van der Waals surface area contributed by atoms with Crippen molar-refractivity contribution < 1.29 is 4.79 Å². The maximum absolute atomic E-state index is 12.2. The van der Waals surface area contributed by atoms with Crippen molar-refractivity contribution >= 4 is 45.3 Å². The number of nitrogens with zero attached hydrogens (tertiary/aromatic N) is 4. The Morgan fingerprint density at radius 3 is 2.71 bits per heavy atom. The molecule has 2 atom stereocenters. The lowest BCUT2D eigenvalue weighted by molar-refractivity contribution is -0.120. The zero-order chi connectivity index (χ0) is 19.7. The first kappa shape index (κ1) is 18.9. The molecule has 0 bridgehead atoms. The standard InChI is InChI=1S/C20H18BrN5OS/c1-12-16(18(22)27)17(14-8-5-9-15(21)10-14)26-19(23-12)24-20(25-26)28-11-13-6-3-2-4-7-13/h2-10,16-17H,11H2,1H3,(H2,22,27). The van der Waals surface area contributed by atoms with Gasteiger partial charge in [0.2, 0.25) is 17.0 Å². The Morgan fingerprint density at radius 1 is 1.21 bits per heavy atom. The number of thioether (sulfide) groups is 1. The number of carbonyl (C=O) groups excluding carboxylic acids is 1. The van der Waals surface area contributed by atoms with Crippen LogP contribution in [-0.2, 0) is 10.5 Å². The monoisotopic (exact) mass is 455 g/mol. The summed E-state index contributed by atoms with van der Waals surface area (Å²) >= 11 is 5.04. The Hall–Kier alpha value is -2.45. The summed E-state index contributed by atoms with van der Waals surface area (Å²) in [5, 5.41) is 5.28. The van der Waals surface area contributed by atoms with E-state index in [1.54, 1.807) is 16.4 Å². The molecule has 1 aliphatic rings. The van der Waals surface area contributed by atoms with E-state index in [0.717, 1.165) is 15.8 Å². The fourth-order valence-electron chi connectivity index (χ4n) is 3.32. The van der Waals surface area contributed by atoms with Crippen molar-refractivity contribution in [2.45, 2.75) is 23.9 Å². The summed E-state index contributed by atoms with van der Waals surface area (Å²) in [7, 11) is 0. The second-order valence-corrected chi connectivity index (χ2v) is 8.40. The molecule has 1 aromatic heterocycles. The molecule has 0 saturated carbocycles. The minimum absolute atomic E-state index is 0.374. The van der Waals surface area contributed by atoms with Crippen LogP contribution in [0.1, 0.15) is 24.1 Å². The molecule has 1 amide bonds. The number of nitrogens with two attached hydrogens (primary N) is 1. The Kier molecular flexibility index (Phi) is 5.32. The van der Waals surface area contributed by atoms with Crippen molar-refractivity contribution in [3.8, 4) is 0 Å². The average Bonchev–Trinajstić information content (AvgIpc) is 3.08. The van der Waals surface area contributed by atoms with Crippen molar-refractivity contribution in [3.63, 3.8) is 0 Å². The van der Waals surface area contributed by atoms with Gasteiger partial charge in [0, 0.05) is 15.9 Å². The summed E-state index contributed by atoms with van der Waals surface area (Å²) in [4.78, 5) is 21.3. The SMILES string of the molecule is CC1=Nc2nc(SCc3ccccc3)nn2C(c2cccc(Br)c2)C1C(N)=O. The van der Waals surface area contributed by atoms with Gasteiger partial charge in [-0.25, -0.2) is 9.67 Å². The molecule has 4 rings (SSSR count). The van der Waals surface area contributed by atoms with Gasteiger partial charge < -0.3 is 5.73 Å². The van der Waals surface area contributed by atoms with Gasteiger partial charge in [0.1, 0.15) is 5.92 Å². The molecular formula is C20H18BrN5OS. The van der Waals surface area contributed by atoms with Gasteiger partial charge >= 0.3 is 0 Å². The molecule has 2 unspecified atom stereocenters. The average molecular weight is 456 g/mol. The molecule has 0 saturated heterocycles. The number of halogens is 1. The smallest absolute Gasteiger partial charge is 0.249 e. The highest BCUT2D eigenvalue weighted by atomic mass is 79.9. The van der Waals surface area contributed by atoms with Gasteiger partial charge in [-0.1, -0.05) is 70.2 Å². The summed E-state index contributed by atoms with van der Waals surface area (Å²) in [6, 6.07) is 17.6. The van der Waals surface area contributed by atoms with E-state index in [9.17, 15) is 4.79 Å². The van der Waals surface area contributed by atoms with Crippen molar-refractivity contribution in [2.24, 2.45) is 16.6 Å². The highest BCUT2D eigenvalue weighted by Crippen LogP contribution is 2.37. The number of carbonyl (C=O) groups is 1. The normalized spacial score (nSPS) is 18.4. The topological polar surface area (TPSA) is 86.2 Å². The molecule has 2 heterocycles. The number of hydrogen-bond acceptors (Lipinski definition) is 5. The van der Waals surface area contributed by atoms with Crippen LogP contribution in [0.15, 0.2) is 69.2 Å². The Labute approximate surface area is 175 Å². The molecule has 8 heteroatoms. The van der Waals surface area contributed by atoms with Gasteiger partial charge in [-0.2, -0.15) is 4.98 Å². The van der Waals surface area contributed by atoms with Gasteiger partial charge in [0.05, 0.1) is 6.04 Å². The predicted molar refractivity (Wildman–Crippen MR) is 114 cm³/mol. The number of hydrogen-bond donors (Lipinski definition) is 1. The molecule has 28 heavy (non-hydrogen) atoms. The zero-order valence-corrected chi connectivity index (χ0v) is 17.5. The van der Waals surface area contributed by atoms with Crippen LogP contribution in [0, 0.1) is 5.92 Å². The fourth-order valence-corrected chi connectivity index (χ4v) is 4.52. The molecule has 6 nitrogen and oxygen atoms in total. The van der Waals surface area contributed by atoms with E-state index in [2.05, 4.69) is 43.1 Å². The minimum atomic E-state index is -0.574. The number of aromatic nitrogens is 3. The van der Waals surface area contributed by atoms with Crippen LogP contribution in [0.2, 0.25) is 0 Å². The maximum atomic E-state index is 12.2. The van der Waals surface area contributed by atoms with E-state index >= 15 is 0 Å². The van der Waals surface area contributed by atoms with Gasteiger partial charge in [-0.05, 0) is 30.2 Å². The van der Waals surface area contributed by atoms with Gasteiger partial charge in [-0.3, -0.25) is 4.79 Å². The molecule has 2 N–H and O–H groups in total. The van der Waals surface area contributed by atoms with Crippen LogP contribution >= 0.6 is 27.7 Å². The second-order valence-electron chi connectivity index (χ2n) is 6.55. The van der Waals surface area contributed by atoms with Crippen LogP contribution in [0.5, 0.6) is 0 Å². The van der Waals surface area contributed by atoms with Crippen LogP contribution in [0.3, 0.4) is 0 Å². The number of fused-ring (bicyclic) bond motifs is 1. The lowest BCUT2D eigenvalue weighted by Crippen LogP contribution is -2.39. The first-order valence-corrected chi connectivity index (χ1v) is 10.5. The van der Waals surface area contributed by atoms with Crippen molar-refractivity contribution in [2.75, 3.05) is 0 Å². The van der Waals surface area contributed by atoms with Gasteiger partial charge in [0.25, 0.3) is 0 Å². The third-order valence-corrected chi connectivity index (χ3v) is 6.01. The van der Waals surface area contributed by atoms with Crippen LogP contribution < -0.4 is 5.73 Å². The highest BCUT2D eigenvalue weighted by molar-refractivity contribution is 9.10. The molecule has 2 aromatic carbocycles. The van der Waals surface area contributed by atoms with Crippen molar-refractivity contribution in [1.29, 1.82) is 0 Å². The van der Waals surface area contributed by atoms with Crippen molar-refractivity contribution in [3.05, 3.63) is 70.2 Å². The molecule has 0 aliphatic carbocycles. The summed E-state index contributed by atoms with van der Waals surface area (Å²) < 4.78 is 2.64. The minimum Gasteiger partial charge on any atom is -0.369 e. The second kappa shape index (κ2) is 7.89. The third-order valence-electron chi connectivity index (χ3n) is 4.61. The quantitative estimate of drug-likeness (QED) is 0.585. The summed E-state index contributed by atoms with van der Waals surface area (Å²) in [6.07, 6.45) is 0. The van der Waals surface area contributed by atoms with E-state index < -0.39 is 11.8 Å². The maximum Gasteiger partial charge on any atom is 0.249 e. The molecule has 0 radical (unpaired) electrons. The summed E-state index contributed by atoms with van der Waals surface area (Å²) in [5.74, 6) is 0.255. The largest absolute Gasteiger partial charge is 0.369 e. The van der Waals surface area contributed by atoms with E-state index in [1.807, 2.05) is 49.4 Å². The number of primary amides is 1. The molecule has 0 fully saturated rings. The molecule has 0 spiro atoms. The van der Waals surface area contributed by atoms with E-state index in [4.69, 9.17) is 5.73 Å². The number of aliphatic imine (C=N–C) groups is 1. The van der Waals surface area contributed by atoms with Crippen LogP contribution in [-0.4, -0.2) is 26.4 Å². The lowest BCUT2D eigenvalue weighted by Gasteiger charge is -2.29. The van der Waals surface area contributed by atoms with Gasteiger partial charge in [-0.15, -0.1) is 5.10 Å². The van der Waals surface area contributed by atoms with Gasteiger partial charge in [0.15, 0.2) is 0 Å². The van der Waals surface area contributed by atoms with E-state index in [1.165, 1.54) is 5.56 Å². The zero-order valence-electron chi connectivity index (χ0n) is 15.1. The number of amides is 1. The third kappa shape index (κ3) is 3.74. The first-order chi connectivity index (χ1) is 13.5. The molecule has 1 aliphatic heterocycles. The summed E-state index contributed by atoms with van der Waals surface area (Å²) in [5.41, 5.74) is 8.50. The van der Waals surface area contributed by atoms with Crippen LogP contribution in [0.25, 0.3) is 0 Å². The van der Waals surface area contributed by atoms with E-state index in [-0.39, 0.29) is 6.04 Å². The Morgan fingerprint density at radius 2 is 2.00 bits per heavy atom. The Balaban J connectivity index is 1.71. The lowest BCUT2D eigenvalue weighted by atomic mass is 9.88.